The number of rotatable bonds is 5. The molecule has 1 N–H and O–H groups in total. The molecule has 1 amide bonds. The standard InChI is InChI=1S/C14H17NO4/c1-9-4-5-11(8-12(9)10(2)16)14(19)15(3)7-6-13(17)18/h4-5,8H,6-7H2,1-3H3,(H,17,18). The summed E-state index contributed by atoms with van der Waals surface area (Å²) in [6, 6.07) is 4.91. The van der Waals surface area contributed by atoms with E-state index in [9.17, 15) is 14.4 Å². The third kappa shape index (κ3) is 3.91. The number of nitrogens with zero attached hydrogens (tertiary/aromatic N) is 1. The molecule has 5 heteroatoms. The molecule has 0 saturated heterocycles. The highest BCUT2D eigenvalue weighted by molar-refractivity contribution is 6.00. The van der Waals surface area contributed by atoms with Crippen LogP contribution in [0.2, 0.25) is 0 Å². The molecule has 0 radical (unpaired) electrons. The van der Waals surface area contributed by atoms with Crippen LogP contribution in [-0.2, 0) is 4.79 Å². The Bertz CT molecular complexity index is 522. The Morgan fingerprint density at radius 2 is 1.89 bits per heavy atom. The van der Waals surface area contributed by atoms with Gasteiger partial charge < -0.3 is 10.0 Å². The zero-order valence-corrected chi connectivity index (χ0v) is 11.3. The Hall–Kier alpha value is -2.17. The molecule has 0 aromatic heterocycles. The molecule has 0 aliphatic rings. The molecular formula is C14H17NO4. The second kappa shape index (κ2) is 6.13. The SMILES string of the molecule is CC(=O)c1cc(C(=O)N(C)CCC(=O)O)ccc1C. The fourth-order valence-electron chi connectivity index (χ4n) is 1.72. The molecule has 0 aliphatic carbocycles. The van der Waals surface area contributed by atoms with Gasteiger partial charge in [0.2, 0.25) is 0 Å². The fraction of sp³-hybridized carbons (Fsp3) is 0.357. The predicted molar refractivity (Wildman–Crippen MR) is 70.4 cm³/mol. The van der Waals surface area contributed by atoms with Crippen molar-refractivity contribution in [2.75, 3.05) is 13.6 Å². The average molecular weight is 263 g/mol. The van der Waals surface area contributed by atoms with Gasteiger partial charge in [0.1, 0.15) is 0 Å². The maximum atomic E-state index is 12.1. The van der Waals surface area contributed by atoms with Crippen LogP contribution in [-0.4, -0.2) is 41.3 Å². The maximum absolute atomic E-state index is 12.1. The van der Waals surface area contributed by atoms with E-state index in [-0.39, 0.29) is 24.7 Å². The Morgan fingerprint density at radius 3 is 2.42 bits per heavy atom. The van der Waals surface area contributed by atoms with Crippen molar-refractivity contribution in [3.05, 3.63) is 34.9 Å². The minimum absolute atomic E-state index is 0.0969. The van der Waals surface area contributed by atoms with Gasteiger partial charge in [0, 0.05) is 24.7 Å². The number of carbonyl (C=O) groups excluding carboxylic acids is 2. The first-order valence-corrected chi connectivity index (χ1v) is 5.91. The number of carbonyl (C=O) groups is 3. The van der Waals surface area contributed by atoms with E-state index in [0.717, 1.165) is 5.56 Å². The molecule has 1 aromatic carbocycles. The van der Waals surface area contributed by atoms with Gasteiger partial charge in [-0.15, -0.1) is 0 Å². The second-order valence-corrected chi connectivity index (χ2v) is 4.46. The number of amides is 1. The second-order valence-electron chi connectivity index (χ2n) is 4.46. The van der Waals surface area contributed by atoms with Crippen LogP contribution in [0.3, 0.4) is 0 Å². The Kier molecular flexibility index (Phi) is 4.80. The van der Waals surface area contributed by atoms with Gasteiger partial charge in [-0.05, 0) is 31.5 Å². The van der Waals surface area contributed by atoms with Gasteiger partial charge in [-0.25, -0.2) is 0 Å². The maximum Gasteiger partial charge on any atom is 0.305 e. The molecule has 0 spiro atoms. The normalized spacial score (nSPS) is 10.1. The summed E-state index contributed by atoms with van der Waals surface area (Å²) in [5, 5.41) is 8.59. The summed E-state index contributed by atoms with van der Waals surface area (Å²) in [7, 11) is 1.54. The third-order valence-electron chi connectivity index (χ3n) is 2.87. The van der Waals surface area contributed by atoms with E-state index in [1.165, 1.54) is 11.8 Å². The van der Waals surface area contributed by atoms with E-state index < -0.39 is 5.97 Å². The predicted octanol–water partition coefficient (Wildman–Crippen LogP) is 1.74. The zero-order chi connectivity index (χ0) is 14.6. The molecule has 19 heavy (non-hydrogen) atoms. The highest BCUT2D eigenvalue weighted by atomic mass is 16.4. The summed E-state index contributed by atoms with van der Waals surface area (Å²) in [6.07, 6.45) is -0.104. The molecule has 0 fully saturated rings. The molecular weight excluding hydrogens is 246 g/mol. The summed E-state index contributed by atoms with van der Waals surface area (Å²) >= 11 is 0. The first-order valence-electron chi connectivity index (χ1n) is 5.91. The number of aryl methyl sites for hydroxylation is 1. The van der Waals surface area contributed by atoms with Crippen molar-refractivity contribution < 1.29 is 19.5 Å². The monoisotopic (exact) mass is 263 g/mol. The van der Waals surface area contributed by atoms with Crippen molar-refractivity contribution in [2.45, 2.75) is 20.3 Å². The summed E-state index contributed by atoms with van der Waals surface area (Å²) in [4.78, 5) is 35.3. The van der Waals surface area contributed by atoms with Crippen molar-refractivity contribution in [3.63, 3.8) is 0 Å². The largest absolute Gasteiger partial charge is 0.481 e. The first kappa shape index (κ1) is 14.9. The van der Waals surface area contributed by atoms with Gasteiger partial charge in [0.25, 0.3) is 5.91 Å². The fourth-order valence-corrected chi connectivity index (χ4v) is 1.72. The molecule has 1 rings (SSSR count). The minimum atomic E-state index is -0.951. The van der Waals surface area contributed by atoms with E-state index >= 15 is 0 Å². The number of hydrogen-bond donors (Lipinski definition) is 1. The van der Waals surface area contributed by atoms with Crippen LogP contribution in [0.4, 0.5) is 0 Å². The number of ketones is 1. The Labute approximate surface area is 111 Å². The van der Waals surface area contributed by atoms with Crippen LogP contribution < -0.4 is 0 Å². The van der Waals surface area contributed by atoms with Crippen LogP contribution in [0, 0.1) is 6.92 Å². The van der Waals surface area contributed by atoms with E-state index in [0.29, 0.717) is 11.1 Å². The van der Waals surface area contributed by atoms with E-state index in [2.05, 4.69) is 0 Å². The van der Waals surface area contributed by atoms with Crippen molar-refractivity contribution >= 4 is 17.7 Å². The van der Waals surface area contributed by atoms with E-state index in [1.807, 2.05) is 0 Å². The number of carboxylic acids is 1. The molecule has 0 atom stereocenters. The zero-order valence-electron chi connectivity index (χ0n) is 11.3. The van der Waals surface area contributed by atoms with Crippen molar-refractivity contribution in [1.29, 1.82) is 0 Å². The van der Waals surface area contributed by atoms with Gasteiger partial charge in [-0.2, -0.15) is 0 Å². The van der Waals surface area contributed by atoms with Gasteiger partial charge in [-0.3, -0.25) is 14.4 Å². The van der Waals surface area contributed by atoms with Gasteiger partial charge in [-0.1, -0.05) is 6.07 Å². The first-order chi connectivity index (χ1) is 8.82. The van der Waals surface area contributed by atoms with E-state index in [4.69, 9.17) is 5.11 Å². The number of Topliss-reactive ketones (excluding diaryl/α,β-unsaturated/α-hetero) is 1. The van der Waals surface area contributed by atoms with Crippen LogP contribution >= 0.6 is 0 Å². The Morgan fingerprint density at radius 1 is 1.26 bits per heavy atom. The van der Waals surface area contributed by atoms with Crippen molar-refractivity contribution in [1.82, 2.24) is 4.90 Å². The lowest BCUT2D eigenvalue weighted by Crippen LogP contribution is -2.29. The summed E-state index contributed by atoms with van der Waals surface area (Å²) in [6.45, 7) is 3.39. The molecule has 1 aromatic rings. The lowest BCUT2D eigenvalue weighted by molar-refractivity contribution is -0.137. The summed E-state index contributed by atoms with van der Waals surface area (Å²) in [5.41, 5.74) is 1.72. The molecule has 5 nitrogen and oxygen atoms in total. The number of benzene rings is 1. The third-order valence-corrected chi connectivity index (χ3v) is 2.87. The smallest absolute Gasteiger partial charge is 0.305 e. The number of carboxylic acid groups (broad SMARTS) is 1. The number of hydrogen-bond acceptors (Lipinski definition) is 3. The van der Waals surface area contributed by atoms with Crippen molar-refractivity contribution in [3.8, 4) is 0 Å². The topological polar surface area (TPSA) is 74.7 Å². The molecule has 0 aliphatic heterocycles. The van der Waals surface area contributed by atoms with Crippen LogP contribution in [0.1, 0.15) is 39.6 Å². The van der Waals surface area contributed by atoms with Gasteiger partial charge >= 0.3 is 5.97 Å². The molecule has 102 valence electrons. The summed E-state index contributed by atoms with van der Waals surface area (Å²) in [5.74, 6) is -1.34. The summed E-state index contributed by atoms with van der Waals surface area (Å²) < 4.78 is 0. The van der Waals surface area contributed by atoms with Gasteiger partial charge in [0.05, 0.1) is 6.42 Å². The van der Waals surface area contributed by atoms with Crippen molar-refractivity contribution in [2.24, 2.45) is 0 Å². The highest BCUT2D eigenvalue weighted by Gasteiger charge is 2.15. The van der Waals surface area contributed by atoms with Gasteiger partial charge in [0.15, 0.2) is 5.78 Å². The molecule has 0 heterocycles. The van der Waals surface area contributed by atoms with Crippen LogP contribution in [0.15, 0.2) is 18.2 Å². The average Bonchev–Trinajstić information content (AvgIpc) is 2.35. The molecule has 0 bridgehead atoms. The van der Waals surface area contributed by atoms with Crippen LogP contribution in [0.25, 0.3) is 0 Å². The molecule has 0 saturated carbocycles. The Balaban J connectivity index is 2.91. The van der Waals surface area contributed by atoms with Crippen LogP contribution in [0.5, 0.6) is 0 Å². The number of aliphatic carboxylic acids is 1. The lowest BCUT2D eigenvalue weighted by Gasteiger charge is -2.16. The molecule has 0 unspecified atom stereocenters. The quantitative estimate of drug-likeness (QED) is 0.821. The minimum Gasteiger partial charge on any atom is -0.481 e. The highest BCUT2D eigenvalue weighted by Crippen LogP contribution is 2.13. The lowest BCUT2D eigenvalue weighted by atomic mass is 10.0. The van der Waals surface area contributed by atoms with E-state index in [1.54, 1.807) is 32.2 Å².